The molecule has 1 saturated carbocycles. The lowest BCUT2D eigenvalue weighted by Crippen LogP contribution is -2.41. The summed E-state index contributed by atoms with van der Waals surface area (Å²) in [5.41, 5.74) is 2.40. The molecule has 0 amide bonds. The van der Waals surface area contributed by atoms with Gasteiger partial charge in [0.25, 0.3) is 5.92 Å². The Hall–Kier alpha value is -1.17. The van der Waals surface area contributed by atoms with Gasteiger partial charge in [-0.05, 0) is 25.0 Å². The number of nitrogens with two attached hydrogens (primary N) is 1. The molecule has 0 bridgehead atoms. The van der Waals surface area contributed by atoms with Crippen LogP contribution in [0.1, 0.15) is 24.0 Å². The Bertz CT molecular complexity index is 416. The summed E-state index contributed by atoms with van der Waals surface area (Å²) in [4.78, 5) is 0. The third-order valence-electron chi connectivity index (χ3n) is 2.99. The Labute approximate surface area is 94.4 Å². The topological polar surface area (TPSA) is 26.0 Å². The maximum absolute atomic E-state index is 13.7. The van der Waals surface area contributed by atoms with E-state index in [1.807, 2.05) is 0 Å². The van der Waals surface area contributed by atoms with E-state index >= 15 is 0 Å². The van der Waals surface area contributed by atoms with Gasteiger partial charge in [0.2, 0.25) is 0 Å². The predicted molar refractivity (Wildman–Crippen MR) is 51.5 cm³/mol. The minimum atomic E-state index is -4.52. The average molecular weight is 251 g/mol. The lowest BCUT2D eigenvalue weighted by atomic mass is 9.98. The van der Waals surface area contributed by atoms with Gasteiger partial charge in [0.05, 0.1) is 11.1 Å². The molecule has 1 fully saturated rings. The van der Waals surface area contributed by atoms with Crippen LogP contribution in [-0.2, 0) is 12.1 Å². The van der Waals surface area contributed by atoms with E-state index in [4.69, 9.17) is 5.73 Å². The molecule has 1 aromatic rings. The zero-order valence-corrected chi connectivity index (χ0v) is 8.69. The van der Waals surface area contributed by atoms with Crippen LogP contribution in [0.4, 0.5) is 22.0 Å². The molecule has 0 saturated heterocycles. The second-order valence-electron chi connectivity index (χ2n) is 4.31. The van der Waals surface area contributed by atoms with E-state index in [0.29, 0.717) is 12.1 Å². The van der Waals surface area contributed by atoms with Crippen LogP contribution < -0.4 is 5.73 Å². The number of rotatable bonds is 2. The third kappa shape index (κ3) is 2.01. The first-order chi connectivity index (χ1) is 7.67. The van der Waals surface area contributed by atoms with Crippen molar-refractivity contribution in [2.45, 2.75) is 30.5 Å². The van der Waals surface area contributed by atoms with E-state index in [2.05, 4.69) is 0 Å². The van der Waals surface area contributed by atoms with Crippen LogP contribution in [0, 0.1) is 0 Å². The molecule has 2 N–H and O–H groups in total. The van der Waals surface area contributed by atoms with Crippen LogP contribution in [0.5, 0.6) is 0 Å². The molecule has 1 nitrogen and oxygen atoms in total. The van der Waals surface area contributed by atoms with Gasteiger partial charge in [-0.25, -0.2) is 0 Å². The number of alkyl halides is 5. The second kappa shape index (κ2) is 3.41. The van der Waals surface area contributed by atoms with E-state index in [-0.39, 0.29) is 12.8 Å². The molecule has 2 rings (SSSR count). The highest BCUT2D eigenvalue weighted by atomic mass is 19.4. The van der Waals surface area contributed by atoms with Gasteiger partial charge in [0.15, 0.2) is 0 Å². The summed E-state index contributed by atoms with van der Waals surface area (Å²) < 4.78 is 64.2. The molecule has 6 heteroatoms. The highest BCUT2D eigenvalue weighted by molar-refractivity contribution is 5.32. The van der Waals surface area contributed by atoms with Gasteiger partial charge in [0.1, 0.15) is 0 Å². The summed E-state index contributed by atoms with van der Waals surface area (Å²) in [7, 11) is 0. The summed E-state index contributed by atoms with van der Waals surface area (Å²) in [6.07, 6.45) is -4.16. The Kier molecular flexibility index (Phi) is 2.47. The normalized spacial score (nSPS) is 19.2. The smallest absolute Gasteiger partial charge is 0.320 e. The van der Waals surface area contributed by atoms with Gasteiger partial charge in [-0.1, -0.05) is 12.1 Å². The van der Waals surface area contributed by atoms with Crippen molar-refractivity contribution in [3.8, 4) is 0 Å². The summed E-state index contributed by atoms with van der Waals surface area (Å²) in [6, 6.07) is 2.87. The Morgan fingerprint density at radius 2 is 1.29 bits per heavy atom. The lowest BCUT2D eigenvalue weighted by Gasteiger charge is -2.23. The Morgan fingerprint density at radius 1 is 0.882 bits per heavy atom. The van der Waals surface area contributed by atoms with Crippen LogP contribution in [-0.4, -0.2) is 5.54 Å². The first-order valence-electron chi connectivity index (χ1n) is 5.01. The molecule has 0 heterocycles. The van der Waals surface area contributed by atoms with Gasteiger partial charge in [0, 0.05) is 5.56 Å². The number of benzene rings is 1. The van der Waals surface area contributed by atoms with E-state index in [1.54, 1.807) is 0 Å². The molecule has 0 radical (unpaired) electrons. The predicted octanol–water partition coefficient (Wildman–Crippen LogP) is 3.29. The van der Waals surface area contributed by atoms with Gasteiger partial charge in [-0.15, -0.1) is 0 Å². The maximum atomic E-state index is 13.7. The van der Waals surface area contributed by atoms with E-state index in [1.165, 1.54) is 0 Å². The standard InChI is InChI=1S/C11H10F5N/c12-10(13,9(17)5-6-9)7-1-3-8(4-2-7)11(14,15)16/h1-4H,5-6,17H2. The fourth-order valence-electron chi connectivity index (χ4n) is 1.60. The highest BCUT2D eigenvalue weighted by Gasteiger charge is 2.60. The molecule has 0 aliphatic heterocycles. The number of halogens is 5. The molecule has 1 aliphatic carbocycles. The summed E-state index contributed by atoms with van der Waals surface area (Å²) in [5.74, 6) is -3.28. The van der Waals surface area contributed by atoms with Crippen LogP contribution in [0.3, 0.4) is 0 Å². The summed E-state index contributed by atoms with van der Waals surface area (Å²) in [6.45, 7) is 0. The highest BCUT2D eigenvalue weighted by Crippen LogP contribution is 2.51. The minimum absolute atomic E-state index is 0.182. The number of hydrogen-bond donors (Lipinski definition) is 1. The maximum Gasteiger partial charge on any atom is 0.416 e. The van der Waals surface area contributed by atoms with Crippen LogP contribution in [0.15, 0.2) is 24.3 Å². The molecule has 0 spiro atoms. The molecule has 94 valence electrons. The first kappa shape index (κ1) is 12.3. The molecule has 1 aliphatic rings. The zero-order chi connectivity index (χ0) is 12.9. The fourth-order valence-corrected chi connectivity index (χ4v) is 1.60. The van der Waals surface area contributed by atoms with Gasteiger partial charge in [-0.2, -0.15) is 22.0 Å². The van der Waals surface area contributed by atoms with Crippen molar-refractivity contribution >= 4 is 0 Å². The number of hydrogen-bond acceptors (Lipinski definition) is 1. The zero-order valence-electron chi connectivity index (χ0n) is 8.69. The summed E-state index contributed by atoms with van der Waals surface area (Å²) in [5, 5.41) is 0. The van der Waals surface area contributed by atoms with E-state index < -0.39 is 28.8 Å². The largest absolute Gasteiger partial charge is 0.416 e. The van der Waals surface area contributed by atoms with E-state index in [0.717, 1.165) is 12.1 Å². The van der Waals surface area contributed by atoms with Crippen molar-refractivity contribution in [1.29, 1.82) is 0 Å². The van der Waals surface area contributed by atoms with Crippen LogP contribution in [0.2, 0.25) is 0 Å². The first-order valence-corrected chi connectivity index (χ1v) is 5.01. The molecule has 0 atom stereocenters. The van der Waals surface area contributed by atoms with Gasteiger partial charge in [-0.3, -0.25) is 0 Å². The Balaban J connectivity index is 2.30. The van der Waals surface area contributed by atoms with Crippen molar-refractivity contribution in [2.75, 3.05) is 0 Å². The third-order valence-corrected chi connectivity index (χ3v) is 2.99. The molecule has 17 heavy (non-hydrogen) atoms. The molecule has 1 aromatic carbocycles. The van der Waals surface area contributed by atoms with Crippen molar-refractivity contribution in [2.24, 2.45) is 5.73 Å². The molecule has 0 unspecified atom stereocenters. The van der Waals surface area contributed by atoms with Gasteiger partial charge >= 0.3 is 6.18 Å². The van der Waals surface area contributed by atoms with Crippen molar-refractivity contribution in [3.63, 3.8) is 0 Å². The van der Waals surface area contributed by atoms with Crippen molar-refractivity contribution in [1.82, 2.24) is 0 Å². The monoisotopic (exact) mass is 251 g/mol. The SMILES string of the molecule is NC1(C(F)(F)c2ccc(C(F)(F)F)cc2)CC1. The molecular formula is C11H10F5N. The van der Waals surface area contributed by atoms with E-state index in [9.17, 15) is 22.0 Å². The van der Waals surface area contributed by atoms with Crippen LogP contribution >= 0.6 is 0 Å². The second-order valence-corrected chi connectivity index (χ2v) is 4.31. The average Bonchev–Trinajstić information content (AvgIpc) is 2.97. The lowest BCUT2D eigenvalue weighted by molar-refractivity contribution is -0.137. The van der Waals surface area contributed by atoms with Gasteiger partial charge < -0.3 is 5.73 Å². The quantitative estimate of drug-likeness (QED) is 0.802. The van der Waals surface area contributed by atoms with Crippen molar-refractivity contribution in [3.05, 3.63) is 35.4 Å². The van der Waals surface area contributed by atoms with Crippen molar-refractivity contribution < 1.29 is 22.0 Å². The summed E-state index contributed by atoms with van der Waals surface area (Å²) >= 11 is 0. The Morgan fingerprint density at radius 3 is 1.65 bits per heavy atom. The molecule has 0 aromatic heterocycles. The minimum Gasteiger partial charge on any atom is -0.320 e. The molecular weight excluding hydrogens is 241 g/mol. The van der Waals surface area contributed by atoms with Crippen LogP contribution in [0.25, 0.3) is 0 Å². The fraction of sp³-hybridized carbons (Fsp3) is 0.455.